The number of thioether (sulfide) groups is 1. The van der Waals surface area contributed by atoms with Crippen LogP contribution in [0.15, 0.2) is 36.9 Å². The van der Waals surface area contributed by atoms with Crippen LogP contribution in [0.25, 0.3) is 0 Å². The van der Waals surface area contributed by atoms with Crippen LogP contribution in [0.4, 0.5) is 8.78 Å². The predicted octanol–water partition coefficient (Wildman–Crippen LogP) is 3.86. The molecule has 0 spiro atoms. The monoisotopic (exact) mass is 287 g/mol. The van der Waals surface area contributed by atoms with E-state index in [1.807, 2.05) is 19.1 Å². The zero-order valence-electron chi connectivity index (χ0n) is 10.9. The Morgan fingerprint density at radius 2 is 2.26 bits per heavy atom. The minimum atomic E-state index is -2.78. The molecule has 0 saturated carbocycles. The lowest BCUT2D eigenvalue weighted by atomic mass is 10.1. The Labute approximate surface area is 117 Å². The van der Waals surface area contributed by atoms with E-state index >= 15 is 0 Å². The van der Waals surface area contributed by atoms with Crippen LogP contribution in [0.5, 0.6) is 5.75 Å². The summed E-state index contributed by atoms with van der Waals surface area (Å²) >= 11 is 1.80. The molecule has 0 saturated heterocycles. The van der Waals surface area contributed by atoms with Crippen molar-refractivity contribution in [3.63, 3.8) is 0 Å². The second-order valence-corrected chi connectivity index (χ2v) is 5.14. The molecule has 1 unspecified atom stereocenters. The first-order chi connectivity index (χ1) is 9.13. The number of halogens is 2. The fourth-order valence-corrected chi connectivity index (χ4v) is 2.19. The van der Waals surface area contributed by atoms with Gasteiger partial charge in [0.2, 0.25) is 0 Å². The van der Waals surface area contributed by atoms with Crippen molar-refractivity contribution in [1.29, 1.82) is 0 Å². The third-order valence-corrected chi connectivity index (χ3v) is 3.48. The summed E-state index contributed by atoms with van der Waals surface area (Å²) in [4.78, 5) is 0. The Kier molecular flexibility index (Phi) is 7.52. The highest BCUT2D eigenvalue weighted by Crippen LogP contribution is 2.20. The minimum absolute atomic E-state index is 0.102. The molecule has 0 heterocycles. The van der Waals surface area contributed by atoms with E-state index in [9.17, 15) is 8.78 Å². The smallest absolute Gasteiger partial charge is 0.387 e. The molecule has 0 aliphatic heterocycles. The van der Waals surface area contributed by atoms with Crippen LogP contribution in [-0.2, 0) is 0 Å². The SMILES string of the molecule is C=CCSCCNC(C)c1cccc(OC(F)F)c1. The molecular weight excluding hydrogens is 268 g/mol. The maximum atomic E-state index is 12.1. The van der Waals surface area contributed by atoms with Gasteiger partial charge >= 0.3 is 6.61 Å². The highest BCUT2D eigenvalue weighted by atomic mass is 32.2. The average molecular weight is 287 g/mol. The van der Waals surface area contributed by atoms with E-state index in [-0.39, 0.29) is 11.8 Å². The summed E-state index contributed by atoms with van der Waals surface area (Å²) in [6.45, 7) is 3.73. The topological polar surface area (TPSA) is 21.3 Å². The normalized spacial score (nSPS) is 12.4. The molecule has 2 nitrogen and oxygen atoms in total. The molecule has 5 heteroatoms. The van der Waals surface area contributed by atoms with Crippen LogP contribution in [0, 0.1) is 0 Å². The van der Waals surface area contributed by atoms with Crippen LogP contribution in [0.3, 0.4) is 0 Å². The van der Waals surface area contributed by atoms with Gasteiger partial charge in [0.1, 0.15) is 5.75 Å². The second kappa shape index (κ2) is 8.93. The molecule has 19 heavy (non-hydrogen) atoms. The quantitative estimate of drug-likeness (QED) is 0.550. The molecule has 1 aromatic rings. The van der Waals surface area contributed by atoms with Gasteiger partial charge < -0.3 is 10.1 Å². The van der Waals surface area contributed by atoms with Crippen molar-refractivity contribution in [3.05, 3.63) is 42.5 Å². The zero-order valence-corrected chi connectivity index (χ0v) is 11.8. The van der Waals surface area contributed by atoms with Gasteiger partial charge in [0.25, 0.3) is 0 Å². The van der Waals surface area contributed by atoms with Crippen molar-refractivity contribution in [3.8, 4) is 5.75 Å². The van der Waals surface area contributed by atoms with Gasteiger partial charge in [-0.3, -0.25) is 0 Å². The molecule has 1 N–H and O–H groups in total. The summed E-state index contributed by atoms with van der Waals surface area (Å²) < 4.78 is 28.6. The van der Waals surface area contributed by atoms with Gasteiger partial charge in [0.15, 0.2) is 0 Å². The molecular formula is C14H19F2NOS. The molecule has 1 atom stereocenters. The fraction of sp³-hybridized carbons (Fsp3) is 0.429. The highest BCUT2D eigenvalue weighted by molar-refractivity contribution is 7.99. The summed E-state index contributed by atoms with van der Waals surface area (Å²) in [6.07, 6.45) is 1.87. The van der Waals surface area contributed by atoms with E-state index in [0.717, 1.165) is 23.6 Å². The number of ether oxygens (including phenoxy) is 1. The first-order valence-corrected chi connectivity index (χ1v) is 7.25. The van der Waals surface area contributed by atoms with E-state index in [2.05, 4.69) is 16.6 Å². The Balaban J connectivity index is 2.42. The number of hydrogen-bond donors (Lipinski definition) is 1. The fourth-order valence-electron chi connectivity index (χ4n) is 1.59. The highest BCUT2D eigenvalue weighted by Gasteiger charge is 2.08. The van der Waals surface area contributed by atoms with Crippen molar-refractivity contribution >= 4 is 11.8 Å². The van der Waals surface area contributed by atoms with Crippen molar-refractivity contribution in [2.45, 2.75) is 19.6 Å². The van der Waals surface area contributed by atoms with Crippen LogP contribution < -0.4 is 10.1 Å². The standard InChI is InChI=1S/C14H19F2NOS/c1-3-8-19-9-7-17-11(2)12-5-4-6-13(10-12)18-14(15)16/h3-6,10-11,14,17H,1,7-9H2,2H3. The molecule has 1 rings (SSSR count). The van der Waals surface area contributed by atoms with Gasteiger partial charge in [-0.25, -0.2) is 0 Å². The molecule has 0 fully saturated rings. The first kappa shape index (κ1) is 16.0. The van der Waals surface area contributed by atoms with Gasteiger partial charge in [-0.15, -0.1) is 6.58 Å². The molecule has 106 valence electrons. The molecule has 0 amide bonds. The number of benzene rings is 1. The van der Waals surface area contributed by atoms with Crippen LogP contribution >= 0.6 is 11.8 Å². The summed E-state index contributed by atoms with van der Waals surface area (Å²) in [6, 6.07) is 6.89. The van der Waals surface area contributed by atoms with Gasteiger partial charge in [0, 0.05) is 24.1 Å². The van der Waals surface area contributed by atoms with Gasteiger partial charge in [0.05, 0.1) is 0 Å². The van der Waals surface area contributed by atoms with E-state index in [1.54, 1.807) is 23.9 Å². The largest absolute Gasteiger partial charge is 0.435 e. The predicted molar refractivity (Wildman–Crippen MR) is 77.0 cm³/mol. The summed E-state index contributed by atoms with van der Waals surface area (Å²) in [5.74, 6) is 2.12. The van der Waals surface area contributed by atoms with Crippen molar-refractivity contribution in [2.24, 2.45) is 0 Å². The number of rotatable bonds is 9. The Morgan fingerprint density at radius 3 is 2.95 bits per heavy atom. The Morgan fingerprint density at radius 1 is 1.47 bits per heavy atom. The second-order valence-electron chi connectivity index (χ2n) is 3.99. The van der Waals surface area contributed by atoms with Crippen molar-refractivity contribution in [1.82, 2.24) is 5.32 Å². The molecule has 0 aliphatic rings. The lowest BCUT2D eigenvalue weighted by Crippen LogP contribution is -2.21. The van der Waals surface area contributed by atoms with Gasteiger partial charge in [-0.05, 0) is 24.6 Å². The maximum absolute atomic E-state index is 12.1. The Hall–Kier alpha value is -1.07. The van der Waals surface area contributed by atoms with Crippen LogP contribution in [0.2, 0.25) is 0 Å². The van der Waals surface area contributed by atoms with E-state index < -0.39 is 6.61 Å². The van der Waals surface area contributed by atoms with E-state index in [0.29, 0.717) is 0 Å². The van der Waals surface area contributed by atoms with Gasteiger partial charge in [-0.1, -0.05) is 18.2 Å². The molecule has 0 aromatic heterocycles. The third kappa shape index (κ3) is 6.59. The first-order valence-electron chi connectivity index (χ1n) is 6.10. The third-order valence-electron chi connectivity index (χ3n) is 2.52. The van der Waals surface area contributed by atoms with E-state index in [4.69, 9.17) is 0 Å². The number of hydrogen-bond acceptors (Lipinski definition) is 3. The van der Waals surface area contributed by atoms with Crippen molar-refractivity contribution in [2.75, 3.05) is 18.1 Å². The summed E-state index contributed by atoms with van der Waals surface area (Å²) in [7, 11) is 0. The molecule has 1 aromatic carbocycles. The average Bonchev–Trinajstić information content (AvgIpc) is 2.38. The number of alkyl halides is 2. The van der Waals surface area contributed by atoms with Gasteiger partial charge in [-0.2, -0.15) is 20.5 Å². The van der Waals surface area contributed by atoms with Crippen LogP contribution in [-0.4, -0.2) is 24.7 Å². The zero-order chi connectivity index (χ0) is 14.1. The maximum Gasteiger partial charge on any atom is 0.387 e. The summed E-state index contributed by atoms with van der Waals surface area (Å²) in [5.41, 5.74) is 0.937. The molecule has 0 radical (unpaired) electrons. The minimum Gasteiger partial charge on any atom is -0.435 e. The molecule has 0 bridgehead atoms. The lowest BCUT2D eigenvalue weighted by Gasteiger charge is -2.15. The number of nitrogens with one attached hydrogen (secondary N) is 1. The molecule has 0 aliphatic carbocycles. The van der Waals surface area contributed by atoms with E-state index in [1.165, 1.54) is 6.07 Å². The van der Waals surface area contributed by atoms with Crippen molar-refractivity contribution < 1.29 is 13.5 Å². The Bertz CT molecular complexity index is 387. The van der Waals surface area contributed by atoms with Crippen LogP contribution in [0.1, 0.15) is 18.5 Å². The summed E-state index contributed by atoms with van der Waals surface area (Å²) in [5, 5.41) is 3.34. The lowest BCUT2D eigenvalue weighted by molar-refractivity contribution is -0.0499.